The highest BCUT2D eigenvalue weighted by atomic mass is 16.5. The van der Waals surface area contributed by atoms with E-state index >= 15 is 0 Å². The second-order valence-electron chi connectivity index (χ2n) is 6.21. The fourth-order valence-electron chi connectivity index (χ4n) is 2.58. The monoisotopic (exact) mass is 346 g/mol. The van der Waals surface area contributed by atoms with Crippen molar-refractivity contribution >= 4 is 6.29 Å². The molecule has 3 heteroatoms. The summed E-state index contributed by atoms with van der Waals surface area (Å²) in [6.07, 6.45) is 0.928. The minimum atomic E-state index is -0.214. The van der Waals surface area contributed by atoms with Crippen LogP contribution in [0, 0.1) is 0 Å². The van der Waals surface area contributed by atoms with E-state index in [1.165, 1.54) is 0 Å². The maximum absolute atomic E-state index is 11.2. The molecule has 0 aliphatic heterocycles. The summed E-state index contributed by atoms with van der Waals surface area (Å²) in [6.45, 7) is 2.81. The normalized spacial score (nSPS) is 11.6. The summed E-state index contributed by atoms with van der Waals surface area (Å²) < 4.78 is 11.8. The summed E-state index contributed by atoms with van der Waals surface area (Å²) in [5.41, 5.74) is 3.06. The van der Waals surface area contributed by atoms with Crippen LogP contribution in [0.15, 0.2) is 78.9 Å². The molecule has 0 aliphatic carbocycles. The Kier molecular flexibility index (Phi) is 6.05. The topological polar surface area (TPSA) is 35.5 Å². The Morgan fingerprint density at radius 3 is 1.65 bits per heavy atom. The molecule has 1 unspecified atom stereocenters. The SMILES string of the molecule is CC(C=O)c1cc(OCc2ccccc2)cc(OCc2ccccc2)c1. The molecule has 3 aromatic carbocycles. The van der Waals surface area contributed by atoms with Gasteiger partial charge in [-0.3, -0.25) is 0 Å². The second kappa shape index (κ2) is 8.86. The van der Waals surface area contributed by atoms with Gasteiger partial charge in [0.15, 0.2) is 0 Å². The van der Waals surface area contributed by atoms with E-state index in [1.807, 2.05) is 85.8 Å². The lowest BCUT2D eigenvalue weighted by Gasteiger charge is -2.14. The quantitative estimate of drug-likeness (QED) is 0.529. The van der Waals surface area contributed by atoms with Gasteiger partial charge in [-0.1, -0.05) is 67.6 Å². The van der Waals surface area contributed by atoms with Gasteiger partial charge in [-0.2, -0.15) is 0 Å². The molecule has 0 radical (unpaired) electrons. The van der Waals surface area contributed by atoms with Crippen molar-refractivity contribution < 1.29 is 14.3 Å². The fraction of sp³-hybridized carbons (Fsp3) is 0.174. The number of ether oxygens (including phenoxy) is 2. The van der Waals surface area contributed by atoms with Crippen LogP contribution in [0.3, 0.4) is 0 Å². The molecule has 3 nitrogen and oxygen atoms in total. The molecule has 1 atom stereocenters. The van der Waals surface area contributed by atoms with Crippen molar-refractivity contribution in [1.29, 1.82) is 0 Å². The van der Waals surface area contributed by atoms with Gasteiger partial charge < -0.3 is 14.3 Å². The van der Waals surface area contributed by atoms with Gasteiger partial charge in [-0.05, 0) is 28.8 Å². The van der Waals surface area contributed by atoms with Gasteiger partial charge in [0.1, 0.15) is 31.0 Å². The first kappa shape index (κ1) is 17.7. The van der Waals surface area contributed by atoms with Gasteiger partial charge in [0.25, 0.3) is 0 Å². The number of benzene rings is 3. The summed E-state index contributed by atoms with van der Waals surface area (Å²) in [5, 5.41) is 0. The molecule has 0 N–H and O–H groups in total. The van der Waals surface area contributed by atoms with Crippen LogP contribution in [-0.2, 0) is 18.0 Å². The van der Waals surface area contributed by atoms with E-state index in [0.717, 1.165) is 23.0 Å². The molecule has 3 aromatic rings. The van der Waals surface area contributed by atoms with Gasteiger partial charge in [0.05, 0.1) is 0 Å². The Hall–Kier alpha value is -3.07. The minimum Gasteiger partial charge on any atom is -0.489 e. The van der Waals surface area contributed by atoms with E-state index < -0.39 is 0 Å². The first-order valence-electron chi connectivity index (χ1n) is 8.68. The number of carbonyl (C=O) groups is 1. The molecule has 0 heterocycles. The van der Waals surface area contributed by atoms with Crippen molar-refractivity contribution in [1.82, 2.24) is 0 Å². The zero-order valence-corrected chi connectivity index (χ0v) is 14.8. The maximum Gasteiger partial charge on any atom is 0.127 e. The van der Waals surface area contributed by atoms with Gasteiger partial charge in [0.2, 0.25) is 0 Å². The van der Waals surface area contributed by atoms with Crippen molar-refractivity contribution in [2.75, 3.05) is 0 Å². The molecular formula is C23H22O3. The zero-order valence-electron chi connectivity index (χ0n) is 14.8. The smallest absolute Gasteiger partial charge is 0.127 e. The third kappa shape index (κ3) is 4.96. The lowest BCUT2D eigenvalue weighted by atomic mass is 10.0. The van der Waals surface area contributed by atoms with Crippen molar-refractivity contribution in [3.05, 3.63) is 95.6 Å². The van der Waals surface area contributed by atoms with Crippen molar-refractivity contribution in [2.24, 2.45) is 0 Å². The molecule has 0 saturated carbocycles. The molecule has 0 aliphatic rings. The third-order valence-corrected chi connectivity index (χ3v) is 4.13. The number of hydrogen-bond donors (Lipinski definition) is 0. The Morgan fingerprint density at radius 2 is 1.23 bits per heavy atom. The van der Waals surface area contributed by atoms with Gasteiger partial charge in [-0.25, -0.2) is 0 Å². The number of aldehydes is 1. The van der Waals surface area contributed by atoms with Crippen LogP contribution in [0.2, 0.25) is 0 Å². The van der Waals surface area contributed by atoms with Crippen molar-refractivity contribution in [3.63, 3.8) is 0 Å². The lowest BCUT2D eigenvalue weighted by Crippen LogP contribution is -2.01. The fourth-order valence-corrected chi connectivity index (χ4v) is 2.58. The molecular weight excluding hydrogens is 324 g/mol. The summed E-state index contributed by atoms with van der Waals surface area (Å²) >= 11 is 0. The van der Waals surface area contributed by atoms with Crippen LogP contribution in [0.25, 0.3) is 0 Å². The molecule has 3 rings (SSSR count). The van der Waals surface area contributed by atoms with Crippen molar-refractivity contribution in [3.8, 4) is 11.5 Å². The Bertz CT molecular complexity index is 767. The van der Waals surface area contributed by atoms with Gasteiger partial charge >= 0.3 is 0 Å². The number of carbonyl (C=O) groups excluding carboxylic acids is 1. The molecule has 0 bridgehead atoms. The van der Waals surface area contributed by atoms with Crippen LogP contribution in [0.1, 0.15) is 29.5 Å². The molecule has 0 fully saturated rings. The van der Waals surface area contributed by atoms with Crippen LogP contribution >= 0.6 is 0 Å². The summed E-state index contributed by atoms with van der Waals surface area (Å²) in [4.78, 5) is 11.2. The highest BCUT2D eigenvalue weighted by Crippen LogP contribution is 2.28. The van der Waals surface area contributed by atoms with E-state index in [9.17, 15) is 4.79 Å². The maximum atomic E-state index is 11.2. The summed E-state index contributed by atoms with van der Waals surface area (Å²) in [6, 6.07) is 25.6. The third-order valence-electron chi connectivity index (χ3n) is 4.13. The van der Waals surface area contributed by atoms with E-state index in [-0.39, 0.29) is 5.92 Å². The van der Waals surface area contributed by atoms with Gasteiger partial charge in [-0.15, -0.1) is 0 Å². The van der Waals surface area contributed by atoms with Crippen LogP contribution in [0.5, 0.6) is 11.5 Å². The van der Waals surface area contributed by atoms with Crippen LogP contribution in [0.4, 0.5) is 0 Å². The lowest BCUT2D eigenvalue weighted by molar-refractivity contribution is -0.108. The Labute approximate surface area is 154 Å². The molecule has 0 amide bonds. The molecule has 0 spiro atoms. The molecule has 0 saturated heterocycles. The highest BCUT2D eigenvalue weighted by molar-refractivity contribution is 5.62. The summed E-state index contributed by atoms with van der Waals surface area (Å²) in [7, 11) is 0. The highest BCUT2D eigenvalue weighted by Gasteiger charge is 2.10. The number of hydrogen-bond acceptors (Lipinski definition) is 3. The van der Waals surface area contributed by atoms with Crippen LogP contribution in [-0.4, -0.2) is 6.29 Å². The zero-order chi connectivity index (χ0) is 18.2. The Morgan fingerprint density at radius 1 is 0.769 bits per heavy atom. The second-order valence-corrected chi connectivity index (χ2v) is 6.21. The van der Waals surface area contributed by atoms with Crippen molar-refractivity contribution in [2.45, 2.75) is 26.1 Å². The predicted molar refractivity (Wildman–Crippen MR) is 102 cm³/mol. The average Bonchev–Trinajstić information content (AvgIpc) is 2.71. The molecule has 26 heavy (non-hydrogen) atoms. The first-order valence-corrected chi connectivity index (χ1v) is 8.68. The summed E-state index contributed by atoms with van der Waals surface area (Å²) in [5.74, 6) is 1.18. The van der Waals surface area contributed by atoms with E-state index in [0.29, 0.717) is 24.7 Å². The molecule has 0 aromatic heterocycles. The predicted octanol–water partition coefficient (Wildman–Crippen LogP) is 5.15. The largest absolute Gasteiger partial charge is 0.489 e. The Balaban J connectivity index is 1.75. The van der Waals surface area contributed by atoms with E-state index in [1.54, 1.807) is 0 Å². The van der Waals surface area contributed by atoms with E-state index in [2.05, 4.69) is 0 Å². The van der Waals surface area contributed by atoms with E-state index in [4.69, 9.17) is 9.47 Å². The van der Waals surface area contributed by atoms with Gasteiger partial charge in [0, 0.05) is 12.0 Å². The number of rotatable bonds is 8. The van der Waals surface area contributed by atoms with Crippen LogP contribution < -0.4 is 9.47 Å². The minimum absolute atomic E-state index is 0.214. The average molecular weight is 346 g/mol. The standard InChI is InChI=1S/C23H22O3/c1-18(15-24)21-12-22(25-16-19-8-4-2-5-9-19)14-23(13-21)26-17-20-10-6-3-7-11-20/h2-15,18H,16-17H2,1H3. The first-order chi connectivity index (χ1) is 12.7. The molecule has 132 valence electrons.